The molecule has 0 aliphatic carbocycles. The summed E-state index contributed by atoms with van der Waals surface area (Å²) >= 11 is 14.5. The van der Waals surface area contributed by atoms with Gasteiger partial charge in [0.2, 0.25) is 17.7 Å². The van der Waals surface area contributed by atoms with E-state index in [9.17, 15) is 29.1 Å². The molecule has 412 valence electrons. The average molecular weight is 1120 g/mol. The number of amides is 7. The highest BCUT2D eigenvalue weighted by Crippen LogP contribution is 2.44. The number of aromatic nitrogens is 3. The van der Waals surface area contributed by atoms with Crippen LogP contribution < -0.4 is 45.9 Å². The zero-order valence-corrected chi connectivity index (χ0v) is 46.6. The number of carbonyl (C=O) groups excluding carboxylic acids is 5. The summed E-state index contributed by atoms with van der Waals surface area (Å²) in [6, 6.07) is 15.7. The first-order valence-electron chi connectivity index (χ1n) is 25.0. The summed E-state index contributed by atoms with van der Waals surface area (Å²) in [6.07, 6.45) is 0.479. The van der Waals surface area contributed by atoms with Gasteiger partial charge < -0.3 is 60.6 Å². The second-order valence-corrected chi connectivity index (χ2v) is 21.3. The molecule has 2 aliphatic heterocycles. The number of thiazole rings is 1. The van der Waals surface area contributed by atoms with Gasteiger partial charge in [-0.25, -0.2) is 24.5 Å². The highest BCUT2D eigenvalue weighted by atomic mass is 35.5. The number of likely N-dealkylation sites (tertiary alicyclic amines) is 1. The molecule has 2 saturated heterocycles. The van der Waals surface area contributed by atoms with E-state index in [1.807, 2.05) is 88.7 Å². The Morgan fingerprint density at radius 3 is 2.19 bits per heavy atom. The molecule has 5 aromatic rings. The molecular formula is C53H66Cl2N12O9S. The van der Waals surface area contributed by atoms with Crippen LogP contribution in [0.1, 0.15) is 57.8 Å². The Hall–Kier alpha value is -6.98. The van der Waals surface area contributed by atoms with Gasteiger partial charge in [0.25, 0.3) is 0 Å². The minimum absolute atomic E-state index is 0.0342. The summed E-state index contributed by atoms with van der Waals surface area (Å²) in [5.41, 5.74) is 5.81. The van der Waals surface area contributed by atoms with Crippen LogP contribution in [0.15, 0.2) is 72.5 Å². The molecule has 7 amide bonds. The van der Waals surface area contributed by atoms with Crippen molar-refractivity contribution in [3.63, 3.8) is 0 Å². The number of hydrogen-bond donors (Lipinski definition) is 6. The number of nitrogens with one attached hydrogen (secondary N) is 5. The maximum atomic E-state index is 14.1. The molecule has 4 atom stereocenters. The number of aliphatic hydroxyl groups excluding tert-OH is 1. The maximum absolute atomic E-state index is 14.1. The average Bonchev–Trinajstić information content (AvgIpc) is 4.05. The second kappa shape index (κ2) is 25.9. The third kappa shape index (κ3) is 14.5. The third-order valence-corrected chi connectivity index (χ3v) is 15.0. The molecule has 0 bridgehead atoms. The molecule has 2 aromatic heterocycles. The number of ether oxygens (including phenoxy) is 3. The van der Waals surface area contributed by atoms with Gasteiger partial charge in [0.15, 0.2) is 0 Å². The number of anilines is 5. The van der Waals surface area contributed by atoms with E-state index in [1.165, 1.54) is 43.5 Å². The van der Waals surface area contributed by atoms with E-state index in [1.54, 1.807) is 22.3 Å². The molecule has 2 aliphatic rings. The molecule has 7 rings (SSSR count). The standard InChI is InChI=1S/C53H66Cl2N12O9S/c1-31(33-9-11-34(12-10-33)47-32(2)59-30-77-47)60-49(70)38-25-37(68)28-67(38)50(71)48(53(3,4)5)62-43(69)17-23-76-24-18-56-51(72)66-21-19-65(20-22-66)36-15-13-35(14-16-36)61-41-27-42(58-29-57-41)64(6)52(73)63-46-44(54)39(74-7)26-40(75-8)45(46)55/h9-16,26-27,29-31,37-38,48,68H,17-25,28H2,1-8H3,(H,56,72)(H,60,70)(H,62,69)(H,63,73)(H,57,58,61)/t31-,37+,38-,48+/m0/s1. The number of hydrogen-bond acceptors (Lipinski definition) is 15. The first-order chi connectivity index (χ1) is 36.8. The number of urea groups is 2. The van der Waals surface area contributed by atoms with Crippen LogP contribution in [0.3, 0.4) is 0 Å². The predicted molar refractivity (Wildman–Crippen MR) is 298 cm³/mol. The quantitative estimate of drug-likeness (QED) is 0.0446. The predicted octanol–water partition coefficient (Wildman–Crippen LogP) is 7.25. The fourth-order valence-corrected chi connectivity index (χ4v) is 10.2. The fourth-order valence-electron chi connectivity index (χ4n) is 8.82. The van der Waals surface area contributed by atoms with Gasteiger partial charge >= 0.3 is 12.1 Å². The summed E-state index contributed by atoms with van der Waals surface area (Å²) in [7, 11) is 4.41. The molecular weight excluding hydrogens is 1050 g/mol. The van der Waals surface area contributed by atoms with E-state index in [0.29, 0.717) is 37.8 Å². The minimum atomic E-state index is -0.977. The summed E-state index contributed by atoms with van der Waals surface area (Å²) in [4.78, 5) is 87.9. The van der Waals surface area contributed by atoms with E-state index in [0.717, 1.165) is 33.1 Å². The Morgan fingerprint density at radius 1 is 0.896 bits per heavy atom. The van der Waals surface area contributed by atoms with Crippen molar-refractivity contribution in [1.82, 2.24) is 40.7 Å². The van der Waals surface area contributed by atoms with Crippen LogP contribution in [0.2, 0.25) is 10.0 Å². The molecule has 0 unspecified atom stereocenters. The molecule has 3 aromatic carbocycles. The maximum Gasteiger partial charge on any atom is 0.327 e. The Morgan fingerprint density at radius 2 is 1.57 bits per heavy atom. The second-order valence-electron chi connectivity index (χ2n) is 19.7. The normalized spacial score (nSPS) is 16.3. The lowest BCUT2D eigenvalue weighted by Crippen LogP contribution is -2.58. The van der Waals surface area contributed by atoms with Crippen LogP contribution in [-0.4, -0.2) is 152 Å². The molecule has 6 N–H and O–H groups in total. The number of rotatable bonds is 19. The van der Waals surface area contributed by atoms with Crippen molar-refractivity contribution in [2.45, 2.75) is 71.7 Å². The van der Waals surface area contributed by atoms with E-state index >= 15 is 0 Å². The third-order valence-electron chi connectivity index (χ3n) is 13.2. The van der Waals surface area contributed by atoms with Crippen LogP contribution in [0.4, 0.5) is 38.3 Å². The van der Waals surface area contributed by atoms with Gasteiger partial charge in [-0.05, 0) is 54.7 Å². The van der Waals surface area contributed by atoms with Crippen molar-refractivity contribution in [2.75, 3.05) is 94.2 Å². The zero-order valence-electron chi connectivity index (χ0n) is 44.3. The molecule has 24 heteroatoms. The Labute approximate surface area is 462 Å². The Balaban J connectivity index is 0.802. The number of benzene rings is 3. The fraction of sp³-hybridized carbons (Fsp3) is 0.434. The highest BCUT2D eigenvalue weighted by Gasteiger charge is 2.45. The number of halogens is 2. The molecule has 4 heterocycles. The molecule has 0 spiro atoms. The largest absolute Gasteiger partial charge is 0.495 e. The number of piperazine rings is 1. The Bertz CT molecular complexity index is 2850. The van der Waals surface area contributed by atoms with Crippen LogP contribution >= 0.6 is 34.5 Å². The minimum Gasteiger partial charge on any atom is -0.495 e. The molecule has 0 radical (unpaired) electrons. The topological polar surface area (TPSA) is 245 Å². The SMILES string of the molecule is COc1cc(OC)c(Cl)c(NC(=O)N(C)c2cc(Nc3ccc(N4CCN(C(=O)NCCOCCC(=O)N[C@H](C(=O)N5C[C@H](O)C[C@H]5C(=O)N[C@@H](C)c5ccc(-c6scnc6C)cc5)C(C)(C)C)CC4)cc3)ncn2)c1Cl. The lowest BCUT2D eigenvalue weighted by atomic mass is 9.85. The number of nitrogens with zero attached hydrogens (tertiary/aromatic N) is 7. The van der Waals surface area contributed by atoms with Crippen molar-refractivity contribution < 1.29 is 43.3 Å². The van der Waals surface area contributed by atoms with Gasteiger partial charge in [-0.2, -0.15) is 0 Å². The van der Waals surface area contributed by atoms with Crippen LogP contribution in [0, 0.1) is 12.3 Å². The smallest absolute Gasteiger partial charge is 0.327 e. The van der Waals surface area contributed by atoms with E-state index in [4.69, 9.17) is 37.4 Å². The summed E-state index contributed by atoms with van der Waals surface area (Å²) < 4.78 is 16.3. The summed E-state index contributed by atoms with van der Waals surface area (Å²) in [5.74, 6) is 0.0346. The van der Waals surface area contributed by atoms with Gasteiger partial charge in [-0.3, -0.25) is 19.3 Å². The van der Waals surface area contributed by atoms with Crippen molar-refractivity contribution in [3.05, 3.63) is 93.8 Å². The molecule has 0 saturated carbocycles. The van der Waals surface area contributed by atoms with E-state index in [-0.39, 0.29) is 84.4 Å². The first kappa shape index (κ1) is 57.7. The Kier molecular flexibility index (Phi) is 19.4. The van der Waals surface area contributed by atoms with Crippen molar-refractivity contribution in [1.29, 1.82) is 0 Å². The van der Waals surface area contributed by atoms with Gasteiger partial charge in [0.1, 0.15) is 51.6 Å². The number of carbonyl (C=O) groups is 5. The van der Waals surface area contributed by atoms with Crippen molar-refractivity contribution >= 4 is 93.0 Å². The number of β-amino-alcohol motifs (C(OH)–C–C–N with tert-alkyl or cyclic N) is 1. The lowest BCUT2D eigenvalue weighted by Gasteiger charge is -2.36. The number of methoxy groups -OCH3 is 2. The number of aliphatic hydroxyl groups is 1. The lowest BCUT2D eigenvalue weighted by molar-refractivity contribution is -0.144. The summed E-state index contributed by atoms with van der Waals surface area (Å²) in [5, 5.41) is 25.6. The van der Waals surface area contributed by atoms with Crippen LogP contribution in [-0.2, 0) is 19.1 Å². The van der Waals surface area contributed by atoms with Crippen LogP contribution in [0.25, 0.3) is 10.4 Å². The van der Waals surface area contributed by atoms with Gasteiger partial charge in [-0.1, -0.05) is 68.2 Å². The van der Waals surface area contributed by atoms with E-state index in [2.05, 4.69) is 46.4 Å². The van der Waals surface area contributed by atoms with Gasteiger partial charge in [0.05, 0.1) is 61.3 Å². The number of aryl methyl sites for hydroxylation is 1. The van der Waals surface area contributed by atoms with Crippen molar-refractivity contribution in [2.24, 2.45) is 5.41 Å². The molecule has 21 nitrogen and oxygen atoms in total. The monoisotopic (exact) mass is 1120 g/mol. The zero-order chi connectivity index (χ0) is 55.6. The molecule has 2 fully saturated rings. The van der Waals surface area contributed by atoms with Crippen LogP contribution in [0.5, 0.6) is 11.5 Å². The van der Waals surface area contributed by atoms with Gasteiger partial charge in [-0.15, -0.1) is 11.3 Å². The molecule has 77 heavy (non-hydrogen) atoms. The first-order valence-corrected chi connectivity index (χ1v) is 26.7. The van der Waals surface area contributed by atoms with Gasteiger partial charge in [0, 0.05) is 82.7 Å². The summed E-state index contributed by atoms with van der Waals surface area (Å²) in [6.45, 7) is 12.0. The van der Waals surface area contributed by atoms with E-state index < -0.39 is 41.4 Å². The van der Waals surface area contributed by atoms with Crippen molar-refractivity contribution in [3.8, 4) is 21.9 Å². The highest BCUT2D eigenvalue weighted by molar-refractivity contribution is 7.13.